The zero-order valence-corrected chi connectivity index (χ0v) is 18.9. The van der Waals surface area contributed by atoms with Gasteiger partial charge < -0.3 is 35.0 Å². The van der Waals surface area contributed by atoms with Crippen molar-refractivity contribution in [1.29, 1.82) is 0 Å². The minimum atomic E-state index is -2.09. The topological polar surface area (TPSA) is 154 Å². The highest BCUT2D eigenvalue weighted by molar-refractivity contribution is 5.87. The number of phenols is 2. The van der Waals surface area contributed by atoms with Crippen LogP contribution in [0.5, 0.6) is 11.5 Å². The van der Waals surface area contributed by atoms with Gasteiger partial charge in [0.25, 0.3) is 0 Å². The zero-order chi connectivity index (χ0) is 24.4. The van der Waals surface area contributed by atoms with E-state index in [-0.39, 0.29) is 18.1 Å². The maximum absolute atomic E-state index is 12.4. The molecule has 2 rings (SSSR count). The third-order valence-electron chi connectivity index (χ3n) is 5.65. The molecule has 1 saturated carbocycles. The molecule has 4 atom stereocenters. The first-order chi connectivity index (χ1) is 15.7. The molecule has 0 bridgehead atoms. The van der Waals surface area contributed by atoms with Gasteiger partial charge in [-0.15, -0.1) is 0 Å². The van der Waals surface area contributed by atoms with Crippen LogP contribution >= 0.6 is 0 Å². The number of esters is 2. The fraction of sp³-hybridized carbons (Fsp3) is 0.583. The van der Waals surface area contributed by atoms with Crippen LogP contribution < -0.4 is 0 Å². The Balaban J connectivity index is 1.90. The molecule has 1 aliphatic carbocycles. The number of aromatic hydroxyl groups is 2. The van der Waals surface area contributed by atoms with E-state index in [2.05, 4.69) is 6.92 Å². The highest BCUT2D eigenvalue weighted by atomic mass is 16.6. The smallest absolute Gasteiger partial charge is 0.338 e. The number of aliphatic hydroxyl groups excluding tert-OH is 2. The third kappa shape index (κ3) is 8.03. The molecular formula is C24H34O9. The van der Waals surface area contributed by atoms with Crippen LogP contribution in [0.3, 0.4) is 0 Å². The average Bonchev–Trinajstić information content (AvgIpc) is 2.77. The number of phenolic OH excluding ortho intramolecular Hbond substituents is 2. The van der Waals surface area contributed by atoms with Crippen molar-refractivity contribution in [3.63, 3.8) is 0 Å². The molecule has 0 aromatic heterocycles. The van der Waals surface area contributed by atoms with Gasteiger partial charge in [0.15, 0.2) is 17.1 Å². The molecule has 5 N–H and O–H groups in total. The number of benzene rings is 1. The van der Waals surface area contributed by atoms with E-state index in [1.807, 2.05) is 0 Å². The zero-order valence-electron chi connectivity index (χ0n) is 18.9. The van der Waals surface area contributed by atoms with Gasteiger partial charge in [-0.2, -0.15) is 0 Å². The van der Waals surface area contributed by atoms with Crippen molar-refractivity contribution in [2.45, 2.75) is 82.2 Å². The molecule has 0 aliphatic heterocycles. The molecule has 33 heavy (non-hydrogen) atoms. The van der Waals surface area contributed by atoms with E-state index in [1.54, 1.807) is 0 Å². The Labute approximate surface area is 193 Å². The molecule has 0 heterocycles. The van der Waals surface area contributed by atoms with Gasteiger partial charge in [0.1, 0.15) is 12.2 Å². The molecule has 0 amide bonds. The molecule has 0 spiro atoms. The number of hydrogen-bond acceptors (Lipinski definition) is 9. The lowest BCUT2D eigenvalue weighted by atomic mass is 9.79. The summed E-state index contributed by atoms with van der Waals surface area (Å²) in [5.74, 6) is -2.47. The van der Waals surface area contributed by atoms with Gasteiger partial charge in [0.2, 0.25) is 0 Å². The number of hydrogen-bond donors (Lipinski definition) is 5. The highest BCUT2D eigenvalue weighted by Crippen LogP contribution is 2.32. The van der Waals surface area contributed by atoms with Crippen LogP contribution in [0.2, 0.25) is 0 Å². The lowest BCUT2D eigenvalue weighted by Gasteiger charge is -2.39. The number of rotatable bonds is 11. The Bertz CT molecular complexity index is 822. The summed E-state index contributed by atoms with van der Waals surface area (Å²) in [6.45, 7) is 2.26. The van der Waals surface area contributed by atoms with E-state index >= 15 is 0 Å². The molecular weight excluding hydrogens is 432 g/mol. The van der Waals surface area contributed by atoms with Crippen molar-refractivity contribution >= 4 is 18.0 Å². The lowest BCUT2D eigenvalue weighted by molar-refractivity contribution is -0.200. The van der Waals surface area contributed by atoms with Crippen LogP contribution in [-0.2, 0) is 19.1 Å². The molecule has 184 valence electrons. The summed E-state index contributed by atoms with van der Waals surface area (Å²) in [6, 6.07) is 3.94. The van der Waals surface area contributed by atoms with Gasteiger partial charge in [0, 0.05) is 18.9 Å². The Morgan fingerprint density at radius 3 is 2.45 bits per heavy atom. The largest absolute Gasteiger partial charge is 0.504 e. The van der Waals surface area contributed by atoms with Crippen LogP contribution in [0.4, 0.5) is 0 Å². The van der Waals surface area contributed by atoms with Crippen molar-refractivity contribution in [2.75, 3.05) is 6.61 Å². The van der Waals surface area contributed by atoms with Crippen LogP contribution in [0.25, 0.3) is 6.08 Å². The van der Waals surface area contributed by atoms with Crippen LogP contribution in [0.15, 0.2) is 24.3 Å². The van der Waals surface area contributed by atoms with Crippen molar-refractivity contribution in [3.05, 3.63) is 29.8 Å². The van der Waals surface area contributed by atoms with Crippen molar-refractivity contribution in [1.82, 2.24) is 0 Å². The Morgan fingerprint density at radius 1 is 1.06 bits per heavy atom. The SMILES string of the molecule is CCCCCCCCOC(=O)[C@]1(O)C[C@@H](O)[C@@H](O)[C@H](OC(=O)/C=C/c2ccc(O)c(O)c2)C1. The monoisotopic (exact) mass is 466 g/mol. The predicted molar refractivity (Wildman–Crippen MR) is 119 cm³/mol. The Kier molecular flexibility index (Phi) is 10.1. The highest BCUT2D eigenvalue weighted by Gasteiger charge is 2.51. The van der Waals surface area contributed by atoms with E-state index < -0.39 is 48.7 Å². The molecule has 9 heteroatoms. The summed E-state index contributed by atoms with van der Waals surface area (Å²) < 4.78 is 10.3. The Hall–Kier alpha value is -2.62. The fourth-order valence-corrected chi connectivity index (χ4v) is 3.71. The number of carbonyl (C=O) groups is 2. The van der Waals surface area contributed by atoms with Gasteiger partial charge in [0.05, 0.1) is 12.7 Å². The van der Waals surface area contributed by atoms with E-state index in [9.17, 15) is 35.1 Å². The number of carbonyl (C=O) groups excluding carboxylic acids is 2. The second-order valence-electron chi connectivity index (χ2n) is 8.46. The summed E-state index contributed by atoms with van der Waals surface area (Å²) in [7, 11) is 0. The summed E-state index contributed by atoms with van der Waals surface area (Å²) in [4.78, 5) is 24.6. The molecule has 1 aliphatic rings. The molecule has 0 saturated heterocycles. The van der Waals surface area contributed by atoms with Gasteiger partial charge in [-0.05, 0) is 30.2 Å². The fourth-order valence-electron chi connectivity index (χ4n) is 3.71. The summed E-state index contributed by atoms with van der Waals surface area (Å²) in [5, 5.41) is 49.9. The van der Waals surface area contributed by atoms with Crippen molar-refractivity contribution in [2.24, 2.45) is 0 Å². The number of aliphatic hydroxyl groups is 3. The van der Waals surface area contributed by atoms with Crippen LogP contribution in [-0.4, -0.2) is 68.0 Å². The maximum atomic E-state index is 12.4. The standard InChI is InChI=1S/C24H34O9/c1-2-3-4-5-6-7-12-32-23(30)24(31)14-19(27)22(29)20(15-24)33-21(28)11-9-16-8-10-17(25)18(26)13-16/h8-11,13,19-20,22,25-27,29,31H,2-7,12,14-15H2,1H3/b11-9+/t19-,20-,22-,24+/m1/s1. The number of unbranched alkanes of at least 4 members (excludes halogenated alkanes) is 5. The van der Waals surface area contributed by atoms with Gasteiger partial charge >= 0.3 is 11.9 Å². The van der Waals surface area contributed by atoms with E-state index in [0.29, 0.717) is 12.0 Å². The molecule has 9 nitrogen and oxygen atoms in total. The first kappa shape index (κ1) is 26.6. The number of ether oxygens (including phenoxy) is 2. The van der Waals surface area contributed by atoms with Gasteiger partial charge in [-0.25, -0.2) is 9.59 Å². The predicted octanol–water partition coefficient (Wildman–Crippen LogP) is 2.17. The van der Waals surface area contributed by atoms with E-state index in [0.717, 1.165) is 38.2 Å². The summed E-state index contributed by atoms with van der Waals surface area (Å²) in [6.07, 6.45) is 3.21. The van der Waals surface area contributed by atoms with E-state index in [4.69, 9.17) is 9.47 Å². The summed E-state index contributed by atoms with van der Waals surface area (Å²) >= 11 is 0. The molecule has 1 aromatic carbocycles. The minimum Gasteiger partial charge on any atom is -0.504 e. The molecule has 0 radical (unpaired) electrons. The molecule has 0 unspecified atom stereocenters. The van der Waals surface area contributed by atoms with Crippen molar-refractivity contribution in [3.8, 4) is 11.5 Å². The maximum Gasteiger partial charge on any atom is 0.338 e. The van der Waals surface area contributed by atoms with Gasteiger partial charge in [-0.3, -0.25) is 0 Å². The quantitative estimate of drug-likeness (QED) is 0.143. The second-order valence-corrected chi connectivity index (χ2v) is 8.46. The minimum absolute atomic E-state index is 0.137. The average molecular weight is 467 g/mol. The van der Waals surface area contributed by atoms with Gasteiger partial charge in [-0.1, -0.05) is 45.1 Å². The lowest BCUT2D eigenvalue weighted by Crippen LogP contribution is -2.57. The van der Waals surface area contributed by atoms with E-state index in [1.165, 1.54) is 24.3 Å². The van der Waals surface area contributed by atoms with Crippen LogP contribution in [0, 0.1) is 0 Å². The molecule has 1 aromatic rings. The van der Waals surface area contributed by atoms with Crippen LogP contribution in [0.1, 0.15) is 63.9 Å². The van der Waals surface area contributed by atoms with Crippen molar-refractivity contribution < 1.29 is 44.6 Å². The third-order valence-corrected chi connectivity index (χ3v) is 5.65. The normalized spacial score (nSPS) is 25.2. The Morgan fingerprint density at radius 2 is 1.76 bits per heavy atom. The summed E-state index contributed by atoms with van der Waals surface area (Å²) in [5.41, 5.74) is -1.68. The first-order valence-corrected chi connectivity index (χ1v) is 11.3. The first-order valence-electron chi connectivity index (χ1n) is 11.3. The second kappa shape index (κ2) is 12.6. The molecule has 1 fully saturated rings.